The lowest BCUT2D eigenvalue weighted by Gasteiger charge is -1.98. The summed E-state index contributed by atoms with van der Waals surface area (Å²) >= 11 is 1.91. The van der Waals surface area contributed by atoms with Crippen LogP contribution in [0.15, 0.2) is 12.7 Å². The molecule has 1 heteroatoms. The van der Waals surface area contributed by atoms with Crippen molar-refractivity contribution in [2.45, 2.75) is 19.1 Å². The molecule has 1 atom stereocenters. The standard InChI is InChI=1S/C6H12S/c1-4-6(3)7-5-2/h4,6H,1,5H2,2-3H3. The Labute approximate surface area is 50.0 Å². The summed E-state index contributed by atoms with van der Waals surface area (Å²) in [6, 6.07) is 0. The van der Waals surface area contributed by atoms with E-state index in [1.165, 1.54) is 5.75 Å². The van der Waals surface area contributed by atoms with Gasteiger partial charge in [-0.1, -0.05) is 13.0 Å². The topological polar surface area (TPSA) is 0 Å². The normalized spacial score (nSPS) is 13.4. The van der Waals surface area contributed by atoms with E-state index in [1.54, 1.807) is 0 Å². The predicted molar refractivity (Wildman–Crippen MR) is 37.8 cm³/mol. The van der Waals surface area contributed by atoms with Gasteiger partial charge in [-0.2, -0.15) is 11.8 Å². The minimum absolute atomic E-state index is 0.630. The van der Waals surface area contributed by atoms with Gasteiger partial charge in [0, 0.05) is 5.25 Å². The lowest BCUT2D eigenvalue weighted by Crippen LogP contribution is -1.87. The Balaban J connectivity index is 2.98. The molecule has 0 heterocycles. The van der Waals surface area contributed by atoms with Crippen LogP contribution in [0.3, 0.4) is 0 Å². The van der Waals surface area contributed by atoms with E-state index >= 15 is 0 Å². The Morgan fingerprint density at radius 3 is 2.57 bits per heavy atom. The number of rotatable bonds is 3. The van der Waals surface area contributed by atoms with Gasteiger partial charge in [-0.15, -0.1) is 6.58 Å². The van der Waals surface area contributed by atoms with E-state index in [0.717, 1.165) is 0 Å². The summed E-state index contributed by atoms with van der Waals surface area (Å²) in [7, 11) is 0. The van der Waals surface area contributed by atoms with Crippen molar-refractivity contribution in [1.29, 1.82) is 0 Å². The zero-order valence-electron chi connectivity index (χ0n) is 4.98. The highest BCUT2D eigenvalue weighted by atomic mass is 32.2. The molecule has 0 aromatic heterocycles. The van der Waals surface area contributed by atoms with Gasteiger partial charge in [0.05, 0.1) is 0 Å². The minimum Gasteiger partial charge on any atom is -0.155 e. The van der Waals surface area contributed by atoms with Crippen LogP contribution < -0.4 is 0 Å². The maximum Gasteiger partial charge on any atom is 0.0196 e. The first-order valence-electron chi connectivity index (χ1n) is 2.55. The maximum absolute atomic E-state index is 3.66. The number of hydrogen-bond donors (Lipinski definition) is 0. The molecule has 0 N–H and O–H groups in total. The highest BCUT2D eigenvalue weighted by molar-refractivity contribution is 8.00. The molecule has 0 nitrogen and oxygen atoms in total. The second-order valence-corrected chi connectivity index (χ2v) is 3.05. The zero-order valence-corrected chi connectivity index (χ0v) is 5.79. The molecule has 1 unspecified atom stereocenters. The SMILES string of the molecule is C=CC(C)SCC. The minimum atomic E-state index is 0.630. The monoisotopic (exact) mass is 116 g/mol. The molecule has 0 radical (unpaired) electrons. The van der Waals surface area contributed by atoms with Crippen LogP contribution in [0.25, 0.3) is 0 Å². The molecule has 0 aliphatic heterocycles. The summed E-state index contributed by atoms with van der Waals surface area (Å²) in [6.07, 6.45) is 1.97. The summed E-state index contributed by atoms with van der Waals surface area (Å²) in [5, 5.41) is 0.630. The molecule has 7 heavy (non-hydrogen) atoms. The third kappa shape index (κ3) is 3.93. The van der Waals surface area contributed by atoms with E-state index in [0.29, 0.717) is 5.25 Å². The molecule has 0 spiro atoms. The Kier molecular flexibility index (Phi) is 4.31. The van der Waals surface area contributed by atoms with Gasteiger partial charge in [0.15, 0.2) is 0 Å². The van der Waals surface area contributed by atoms with Gasteiger partial charge in [-0.05, 0) is 12.7 Å². The molecule has 0 rings (SSSR count). The van der Waals surface area contributed by atoms with Crippen molar-refractivity contribution in [3.05, 3.63) is 12.7 Å². The van der Waals surface area contributed by atoms with Crippen molar-refractivity contribution in [2.75, 3.05) is 5.75 Å². The van der Waals surface area contributed by atoms with Gasteiger partial charge < -0.3 is 0 Å². The highest BCUT2D eigenvalue weighted by Gasteiger charge is 1.89. The highest BCUT2D eigenvalue weighted by Crippen LogP contribution is 2.08. The van der Waals surface area contributed by atoms with Crippen molar-refractivity contribution >= 4 is 11.8 Å². The molecule has 0 aromatic carbocycles. The Morgan fingerprint density at radius 2 is 2.43 bits per heavy atom. The molecular weight excluding hydrogens is 104 g/mol. The van der Waals surface area contributed by atoms with Crippen LogP contribution in [0.4, 0.5) is 0 Å². The second-order valence-electron chi connectivity index (χ2n) is 1.40. The van der Waals surface area contributed by atoms with E-state index in [1.807, 2.05) is 17.8 Å². The maximum atomic E-state index is 3.66. The van der Waals surface area contributed by atoms with Crippen LogP contribution in [-0.4, -0.2) is 11.0 Å². The molecule has 0 aliphatic rings. The van der Waals surface area contributed by atoms with Gasteiger partial charge in [0.2, 0.25) is 0 Å². The number of thioether (sulfide) groups is 1. The largest absolute Gasteiger partial charge is 0.155 e. The van der Waals surface area contributed by atoms with Crippen molar-refractivity contribution in [3.8, 4) is 0 Å². The fraction of sp³-hybridized carbons (Fsp3) is 0.667. The first-order chi connectivity index (χ1) is 3.31. The van der Waals surface area contributed by atoms with Crippen LogP contribution in [0.5, 0.6) is 0 Å². The predicted octanol–water partition coefficient (Wildman–Crippen LogP) is 2.31. The fourth-order valence-electron chi connectivity index (χ4n) is 0.331. The Hall–Kier alpha value is 0.0900. The lowest BCUT2D eigenvalue weighted by molar-refractivity contribution is 1.25. The molecule has 0 amide bonds. The van der Waals surface area contributed by atoms with Crippen LogP contribution >= 0.6 is 11.8 Å². The fourth-order valence-corrected chi connectivity index (χ4v) is 0.993. The van der Waals surface area contributed by atoms with Crippen LogP contribution in [-0.2, 0) is 0 Å². The van der Waals surface area contributed by atoms with Crippen molar-refractivity contribution in [2.24, 2.45) is 0 Å². The van der Waals surface area contributed by atoms with Crippen molar-refractivity contribution in [3.63, 3.8) is 0 Å². The summed E-state index contributed by atoms with van der Waals surface area (Å²) in [5.74, 6) is 1.19. The third-order valence-corrected chi connectivity index (χ3v) is 1.81. The quantitative estimate of drug-likeness (QED) is 0.510. The first kappa shape index (κ1) is 7.09. The van der Waals surface area contributed by atoms with E-state index in [-0.39, 0.29) is 0 Å². The van der Waals surface area contributed by atoms with Crippen molar-refractivity contribution < 1.29 is 0 Å². The average molecular weight is 116 g/mol. The number of hydrogen-bond acceptors (Lipinski definition) is 1. The smallest absolute Gasteiger partial charge is 0.0196 e. The molecular formula is C6H12S. The summed E-state index contributed by atoms with van der Waals surface area (Å²) in [4.78, 5) is 0. The first-order valence-corrected chi connectivity index (χ1v) is 3.60. The zero-order chi connectivity index (χ0) is 5.70. The molecule has 0 aromatic rings. The lowest BCUT2D eigenvalue weighted by atomic mass is 10.5. The summed E-state index contributed by atoms with van der Waals surface area (Å²) < 4.78 is 0. The van der Waals surface area contributed by atoms with Gasteiger partial charge >= 0.3 is 0 Å². The summed E-state index contributed by atoms with van der Waals surface area (Å²) in [6.45, 7) is 7.97. The molecule has 0 aliphatic carbocycles. The van der Waals surface area contributed by atoms with Gasteiger partial charge in [-0.3, -0.25) is 0 Å². The summed E-state index contributed by atoms with van der Waals surface area (Å²) in [5.41, 5.74) is 0. The van der Waals surface area contributed by atoms with E-state index in [9.17, 15) is 0 Å². The molecule has 0 bridgehead atoms. The van der Waals surface area contributed by atoms with Crippen LogP contribution in [0.2, 0.25) is 0 Å². The van der Waals surface area contributed by atoms with Crippen LogP contribution in [0, 0.1) is 0 Å². The average Bonchev–Trinajstić information content (AvgIpc) is 1.68. The van der Waals surface area contributed by atoms with Gasteiger partial charge in [0.1, 0.15) is 0 Å². The molecule has 42 valence electrons. The molecule has 0 saturated carbocycles. The van der Waals surface area contributed by atoms with Crippen molar-refractivity contribution in [1.82, 2.24) is 0 Å². The van der Waals surface area contributed by atoms with E-state index in [4.69, 9.17) is 0 Å². The molecule has 0 fully saturated rings. The van der Waals surface area contributed by atoms with Crippen LogP contribution in [0.1, 0.15) is 13.8 Å². The second kappa shape index (κ2) is 4.25. The Morgan fingerprint density at radius 1 is 1.86 bits per heavy atom. The third-order valence-electron chi connectivity index (χ3n) is 0.761. The van der Waals surface area contributed by atoms with Gasteiger partial charge in [-0.25, -0.2) is 0 Å². The van der Waals surface area contributed by atoms with Gasteiger partial charge in [0.25, 0.3) is 0 Å². The molecule has 0 saturated heterocycles. The Bertz CT molecular complexity index is 50.1. The van der Waals surface area contributed by atoms with E-state index in [2.05, 4.69) is 20.4 Å². The van der Waals surface area contributed by atoms with E-state index < -0.39 is 0 Å².